The first kappa shape index (κ1) is 10.2. The van der Waals surface area contributed by atoms with Crippen LogP contribution in [-0.2, 0) is 24.7 Å². The van der Waals surface area contributed by atoms with Crippen LogP contribution >= 0.6 is 0 Å². The van der Waals surface area contributed by atoms with Gasteiger partial charge in [-0.05, 0) is 25.2 Å². The molecule has 0 fully saturated rings. The summed E-state index contributed by atoms with van der Waals surface area (Å²) in [5.74, 6) is -0.528. The Kier molecular flexibility index (Phi) is 2.50. The van der Waals surface area contributed by atoms with Gasteiger partial charge in [0.15, 0.2) is 0 Å². The second-order valence-corrected chi connectivity index (χ2v) is 4.12. The Bertz CT molecular complexity index is 396. The van der Waals surface area contributed by atoms with Crippen LogP contribution < -0.4 is 0 Å². The van der Waals surface area contributed by atoms with E-state index < -0.39 is 5.97 Å². The quantitative estimate of drug-likeness (QED) is 0.818. The lowest BCUT2D eigenvalue weighted by atomic mass is 9.97. The molecule has 1 atom stereocenters. The number of carbonyl (C=O) groups is 1. The smallest absolute Gasteiger partial charge is 0.303 e. The van der Waals surface area contributed by atoms with E-state index in [2.05, 4.69) is 12.0 Å². The Morgan fingerprint density at radius 1 is 1.67 bits per heavy atom. The Balaban J connectivity index is 2.35. The van der Waals surface area contributed by atoms with Gasteiger partial charge in [-0.2, -0.15) is 5.10 Å². The molecule has 0 saturated carbocycles. The van der Waals surface area contributed by atoms with Crippen molar-refractivity contribution in [2.24, 2.45) is 7.05 Å². The highest BCUT2D eigenvalue weighted by atomic mass is 16.4. The summed E-state index contributed by atoms with van der Waals surface area (Å²) in [5, 5.41) is 13.3. The van der Waals surface area contributed by atoms with Crippen molar-refractivity contribution >= 4 is 5.97 Å². The Morgan fingerprint density at radius 3 is 3.00 bits per heavy atom. The zero-order valence-electron chi connectivity index (χ0n) is 9.16. The average Bonchev–Trinajstić information content (AvgIpc) is 2.69. The third-order valence-electron chi connectivity index (χ3n) is 3.18. The van der Waals surface area contributed by atoms with Crippen LogP contribution in [0.5, 0.6) is 0 Å². The highest BCUT2D eigenvalue weighted by Gasteiger charge is 2.30. The first-order valence-corrected chi connectivity index (χ1v) is 5.40. The van der Waals surface area contributed by atoms with E-state index in [1.54, 1.807) is 0 Å². The minimum absolute atomic E-state index is 0.182. The maximum Gasteiger partial charge on any atom is 0.303 e. The van der Waals surface area contributed by atoms with Gasteiger partial charge in [-0.15, -0.1) is 0 Å². The Morgan fingerprint density at radius 2 is 2.40 bits per heavy atom. The van der Waals surface area contributed by atoms with Gasteiger partial charge < -0.3 is 5.11 Å². The van der Waals surface area contributed by atoms with E-state index in [-0.39, 0.29) is 12.3 Å². The van der Waals surface area contributed by atoms with Crippen LogP contribution in [0.25, 0.3) is 0 Å². The molecule has 0 spiro atoms. The molecule has 2 rings (SSSR count). The molecule has 15 heavy (non-hydrogen) atoms. The van der Waals surface area contributed by atoms with E-state index in [1.165, 1.54) is 11.3 Å². The van der Waals surface area contributed by atoms with Crippen molar-refractivity contribution in [3.05, 3.63) is 17.0 Å². The average molecular weight is 208 g/mol. The van der Waals surface area contributed by atoms with Gasteiger partial charge in [0, 0.05) is 18.3 Å². The monoisotopic (exact) mass is 208 g/mol. The number of nitrogens with zero attached hydrogens (tertiary/aromatic N) is 2. The molecule has 1 aromatic rings. The number of carboxylic acid groups (broad SMARTS) is 1. The molecular weight excluding hydrogens is 192 g/mol. The van der Waals surface area contributed by atoms with Crippen molar-refractivity contribution in [3.8, 4) is 0 Å². The van der Waals surface area contributed by atoms with E-state index in [1.807, 2.05) is 11.7 Å². The predicted octanol–water partition coefficient (Wildman–Crippen LogP) is 1.49. The van der Waals surface area contributed by atoms with E-state index >= 15 is 0 Å². The molecular formula is C11H16N2O2. The standard InChI is InChI=1S/C11H16N2O2/c1-3-8-11-7(6-10(14)15)4-5-9(11)13(2)12-8/h7H,3-6H2,1-2H3,(H,14,15). The van der Waals surface area contributed by atoms with Crippen molar-refractivity contribution in [1.29, 1.82) is 0 Å². The maximum absolute atomic E-state index is 10.7. The van der Waals surface area contributed by atoms with Crippen LogP contribution in [0.3, 0.4) is 0 Å². The molecule has 0 aromatic carbocycles. The first-order chi connectivity index (χ1) is 7.13. The van der Waals surface area contributed by atoms with Gasteiger partial charge in [0.05, 0.1) is 12.1 Å². The molecule has 4 nitrogen and oxygen atoms in total. The van der Waals surface area contributed by atoms with Crippen molar-refractivity contribution in [2.45, 2.75) is 38.5 Å². The van der Waals surface area contributed by atoms with Crippen LogP contribution in [0.15, 0.2) is 0 Å². The number of rotatable bonds is 3. The van der Waals surface area contributed by atoms with E-state index in [9.17, 15) is 4.79 Å². The first-order valence-electron chi connectivity index (χ1n) is 5.40. The summed E-state index contributed by atoms with van der Waals surface area (Å²) in [6, 6.07) is 0. The van der Waals surface area contributed by atoms with Crippen molar-refractivity contribution in [3.63, 3.8) is 0 Å². The third kappa shape index (κ3) is 1.64. The maximum atomic E-state index is 10.7. The number of aliphatic carboxylic acids is 1. The van der Waals surface area contributed by atoms with Crippen molar-refractivity contribution < 1.29 is 9.90 Å². The summed E-state index contributed by atoms with van der Waals surface area (Å²) in [5.41, 5.74) is 3.52. The minimum Gasteiger partial charge on any atom is -0.481 e. The number of hydrogen-bond donors (Lipinski definition) is 1. The summed E-state index contributed by atoms with van der Waals surface area (Å²) in [4.78, 5) is 10.7. The second kappa shape index (κ2) is 3.68. The molecule has 0 saturated heterocycles. The second-order valence-electron chi connectivity index (χ2n) is 4.12. The zero-order valence-corrected chi connectivity index (χ0v) is 9.16. The molecule has 0 bridgehead atoms. The van der Waals surface area contributed by atoms with Crippen LogP contribution in [0.1, 0.15) is 42.6 Å². The highest BCUT2D eigenvalue weighted by molar-refractivity contribution is 5.68. The molecule has 1 aliphatic rings. The lowest BCUT2D eigenvalue weighted by molar-refractivity contribution is -0.137. The predicted molar refractivity (Wildman–Crippen MR) is 55.9 cm³/mol. The lowest BCUT2D eigenvalue weighted by Crippen LogP contribution is -2.04. The van der Waals surface area contributed by atoms with Gasteiger partial charge in [0.1, 0.15) is 0 Å². The molecule has 0 radical (unpaired) electrons. The van der Waals surface area contributed by atoms with Gasteiger partial charge in [-0.25, -0.2) is 0 Å². The highest BCUT2D eigenvalue weighted by Crippen LogP contribution is 2.37. The number of carboxylic acids is 1. The molecule has 82 valence electrons. The lowest BCUT2D eigenvalue weighted by Gasteiger charge is -2.07. The molecule has 1 heterocycles. The zero-order chi connectivity index (χ0) is 11.0. The van der Waals surface area contributed by atoms with Crippen LogP contribution in [0, 0.1) is 0 Å². The molecule has 1 aromatic heterocycles. The number of aryl methyl sites for hydroxylation is 2. The Labute approximate surface area is 88.9 Å². The fourth-order valence-corrected chi connectivity index (χ4v) is 2.54. The fourth-order valence-electron chi connectivity index (χ4n) is 2.54. The van der Waals surface area contributed by atoms with Gasteiger partial charge in [0.25, 0.3) is 0 Å². The van der Waals surface area contributed by atoms with Gasteiger partial charge in [0.2, 0.25) is 0 Å². The Hall–Kier alpha value is -1.32. The van der Waals surface area contributed by atoms with Crippen LogP contribution in [0.2, 0.25) is 0 Å². The fraction of sp³-hybridized carbons (Fsp3) is 0.636. The third-order valence-corrected chi connectivity index (χ3v) is 3.18. The molecule has 0 amide bonds. The summed E-state index contributed by atoms with van der Waals surface area (Å²) in [6.07, 6.45) is 3.06. The SMILES string of the molecule is CCc1nn(C)c2c1C(CC(=O)O)CC2. The number of hydrogen-bond acceptors (Lipinski definition) is 2. The number of fused-ring (bicyclic) bond motifs is 1. The van der Waals surface area contributed by atoms with Gasteiger partial charge in [-0.3, -0.25) is 9.48 Å². The normalized spacial score (nSPS) is 19.2. The minimum atomic E-state index is -0.709. The van der Waals surface area contributed by atoms with Gasteiger partial charge >= 0.3 is 5.97 Å². The number of aromatic nitrogens is 2. The molecule has 1 aliphatic carbocycles. The van der Waals surface area contributed by atoms with E-state index in [4.69, 9.17) is 5.11 Å². The summed E-state index contributed by atoms with van der Waals surface area (Å²) in [7, 11) is 1.95. The van der Waals surface area contributed by atoms with Crippen LogP contribution in [0.4, 0.5) is 0 Å². The molecule has 0 aliphatic heterocycles. The summed E-state index contributed by atoms with van der Waals surface area (Å²) in [6.45, 7) is 2.07. The largest absolute Gasteiger partial charge is 0.481 e. The summed E-state index contributed by atoms with van der Waals surface area (Å²) >= 11 is 0. The van der Waals surface area contributed by atoms with Crippen molar-refractivity contribution in [2.75, 3.05) is 0 Å². The topological polar surface area (TPSA) is 55.1 Å². The van der Waals surface area contributed by atoms with Gasteiger partial charge in [-0.1, -0.05) is 6.92 Å². The molecule has 4 heteroatoms. The molecule has 1 unspecified atom stereocenters. The van der Waals surface area contributed by atoms with E-state index in [0.717, 1.165) is 25.0 Å². The molecule has 1 N–H and O–H groups in total. The van der Waals surface area contributed by atoms with Crippen LogP contribution in [-0.4, -0.2) is 20.9 Å². The van der Waals surface area contributed by atoms with Crippen molar-refractivity contribution in [1.82, 2.24) is 9.78 Å². The summed E-state index contributed by atoms with van der Waals surface area (Å²) < 4.78 is 1.91. The van der Waals surface area contributed by atoms with E-state index in [0.29, 0.717) is 0 Å².